The lowest BCUT2D eigenvalue weighted by Crippen LogP contribution is -2.09. The summed E-state index contributed by atoms with van der Waals surface area (Å²) >= 11 is 0. The monoisotopic (exact) mass is 211 g/mol. The van der Waals surface area contributed by atoms with Crippen LogP contribution in [0.15, 0.2) is 18.2 Å². The normalized spacial score (nSPS) is 10.3. The minimum atomic E-state index is -0.172. The van der Waals surface area contributed by atoms with E-state index in [1.165, 1.54) is 6.07 Å². The van der Waals surface area contributed by atoms with Gasteiger partial charge in [-0.25, -0.2) is 4.39 Å². The molecule has 3 heteroatoms. The van der Waals surface area contributed by atoms with Gasteiger partial charge in [0.1, 0.15) is 5.82 Å². The Bertz CT molecular complexity index is 302. The number of benzene rings is 1. The average molecular weight is 211 g/mol. The van der Waals surface area contributed by atoms with Crippen LogP contribution in [0.2, 0.25) is 0 Å². The summed E-state index contributed by atoms with van der Waals surface area (Å²) in [5, 5.41) is 3.11. The Hall–Kier alpha value is -1.09. The first-order valence-corrected chi connectivity index (χ1v) is 5.32. The van der Waals surface area contributed by atoms with Gasteiger partial charge >= 0.3 is 0 Å². The molecule has 1 aromatic carbocycles. The first-order valence-electron chi connectivity index (χ1n) is 5.32. The van der Waals surface area contributed by atoms with Crippen molar-refractivity contribution in [1.82, 2.24) is 0 Å². The zero-order valence-electron chi connectivity index (χ0n) is 9.35. The van der Waals surface area contributed by atoms with Crippen molar-refractivity contribution in [2.24, 2.45) is 0 Å². The van der Waals surface area contributed by atoms with E-state index in [0.717, 1.165) is 18.7 Å². The van der Waals surface area contributed by atoms with Gasteiger partial charge in [0, 0.05) is 18.8 Å². The van der Waals surface area contributed by atoms with Gasteiger partial charge in [0.15, 0.2) is 0 Å². The maximum Gasteiger partial charge on any atom is 0.128 e. The number of aryl methyl sites for hydroxylation is 1. The molecule has 0 aliphatic rings. The molecule has 2 nitrogen and oxygen atoms in total. The van der Waals surface area contributed by atoms with Crippen molar-refractivity contribution in [3.8, 4) is 0 Å². The van der Waals surface area contributed by atoms with Gasteiger partial charge < -0.3 is 10.1 Å². The molecule has 15 heavy (non-hydrogen) atoms. The fourth-order valence-electron chi connectivity index (χ4n) is 1.22. The molecule has 0 radical (unpaired) electrons. The van der Waals surface area contributed by atoms with Crippen molar-refractivity contribution >= 4 is 5.69 Å². The van der Waals surface area contributed by atoms with E-state index >= 15 is 0 Å². The summed E-state index contributed by atoms with van der Waals surface area (Å²) in [7, 11) is 0. The fraction of sp³-hybridized carbons (Fsp3) is 0.500. The molecule has 0 aliphatic carbocycles. The summed E-state index contributed by atoms with van der Waals surface area (Å²) in [6, 6.07) is 5.15. The average Bonchev–Trinajstić information content (AvgIpc) is 2.23. The van der Waals surface area contributed by atoms with Crippen molar-refractivity contribution in [1.29, 1.82) is 0 Å². The highest BCUT2D eigenvalue weighted by Gasteiger charge is 1.98. The third-order valence-corrected chi connectivity index (χ3v) is 2.10. The molecule has 0 fully saturated rings. The molecule has 0 atom stereocenters. The first-order chi connectivity index (χ1) is 7.24. The number of hydrogen-bond donors (Lipinski definition) is 1. The van der Waals surface area contributed by atoms with Crippen LogP contribution in [-0.2, 0) is 4.74 Å². The predicted molar refractivity (Wildman–Crippen MR) is 60.7 cm³/mol. The van der Waals surface area contributed by atoms with Crippen molar-refractivity contribution in [3.63, 3.8) is 0 Å². The molecule has 0 amide bonds. The molecule has 0 aromatic heterocycles. The van der Waals surface area contributed by atoms with E-state index in [1.807, 2.05) is 6.07 Å². The largest absolute Gasteiger partial charge is 0.383 e. The Labute approximate surface area is 90.4 Å². The highest BCUT2D eigenvalue weighted by atomic mass is 19.1. The summed E-state index contributed by atoms with van der Waals surface area (Å²) in [5.41, 5.74) is 1.47. The highest BCUT2D eigenvalue weighted by molar-refractivity contribution is 5.44. The molecule has 0 aliphatic heterocycles. The van der Waals surface area contributed by atoms with Gasteiger partial charge in [-0.15, -0.1) is 0 Å². The van der Waals surface area contributed by atoms with E-state index < -0.39 is 0 Å². The summed E-state index contributed by atoms with van der Waals surface area (Å²) in [5.74, 6) is -0.172. The highest BCUT2D eigenvalue weighted by Crippen LogP contribution is 2.12. The quantitative estimate of drug-likeness (QED) is 0.730. The third kappa shape index (κ3) is 4.30. The molecular formula is C12H18FNO. The summed E-state index contributed by atoms with van der Waals surface area (Å²) in [6.45, 7) is 5.97. The minimum Gasteiger partial charge on any atom is -0.383 e. The van der Waals surface area contributed by atoms with Gasteiger partial charge in [-0.05, 0) is 31.0 Å². The number of hydrogen-bond acceptors (Lipinski definition) is 2. The van der Waals surface area contributed by atoms with Gasteiger partial charge in [0.05, 0.1) is 6.61 Å². The van der Waals surface area contributed by atoms with Crippen LogP contribution in [0.1, 0.15) is 18.9 Å². The number of nitrogens with one attached hydrogen (secondary N) is 1. The Balaban J connectivity index is 2.28. The Morgan fingerprint density at radius 2 is 2.13 bits per heavy atom. The fourth-order valence-corrected chi connectivity index (χ4v) is 1.22. The van der Waals surface area contributed by atoms with E-state index in [1.54, 1.807) is 13.0 Å². The molecule has 0 saturated carbocycles. The minimum absolute atomic E-state index is 0.172. The smallest absolute Gasteiger partial charge is 0.128 e. The van der Waals surface area contributed by atoms with Crippen molar-refractivity contribution in [2.45, 2.75) is 20.3 Å². The lowest BCUT2D eigenvalue weighted by atomic mass is 10.2. The van der Waals surface area contributed by atoms with E-state index in [0.29, 0.717) is 18.7 Å². The lowest BCUT2D eigenvalue weighted by molar-refractivity contribution is 0.144. The molecule has 0 spiro atoms. The predicted octanol–water partition coefficient (Wildman–Crippen LogP) is 2.97. The molecule has 0 bridgehead atoms. The van der Waals surface area contributed by atoms with E-state index in [4.69, 9.17) is 4.74 Å². The molecule has 84 valence electrons. The van der Waals surface area contributed by atoms with Gasteiger partial charge in [-0.1, -0.05) is 13.0 Å². The van der Waals surface area contributed by atoms with Crippen LogP contribution in [-0.4, -0.2) is 19.8 Å². The zero-order chi connectivity index (χ0) is 11.1. The second-order valence-electron chi connectivity index (χ2n) is 3.50. The maximum absolute atomic E-state index is 13.1. The Morgan fingerprint density at radius 3 is 2.80 bits per heavy atom. The maximum atomic E-state index is 13.1. The molecule has 0 saturated heterocycles. The van der Waals surface area contributed by atoms with Crippen LogP contribution in [0.4, 0.5) is 10.1 Å². The van der Waals surface area contributed by atoms with E-state index in [9.17, 15) is 4.39 Å². The number of halogens is 1. The second-order valence-corrected chi connectivity index (χ2v) is 3.50. The Kier molecular flexibility index (Phi) is 5.12. The topological polar surface area (TPSA) is 21.3 Å². The van der Waals surface area contributed by atoms with Crippen LogP contribution in [0.25, 0.3) is 0 Å². The molecule has 1 N–H and O–H groups in total. The summed E-state index contributed by atoms with van der Waals surface area (Å²) < 4.78 is 18.4. The number of ether oxygens (including phenoxy) is 1. The van der Waals surface area contributed by atoms with Crippen molar-refractivity contribution in [2.75, 3.05) is 25.1 Å². The first kappa shape index (κ1) is 12.0. The van der Waals surface area contributed by atoms with Crippen LogP contribution >= 0.6 is 0 Å². The SMILES string of the molecule is CCCOCCNc1ccc(C)c(F)c1. The van der Waals surface area contributed by atoms with Crippen LogP contribution < -0.4 is 5.32 Å². The number of rotatable bonds is 6. The van der Waals surface area contributed by atoms with Gasteiger partial charge in [-0.3, -0.25) is 0 Å². The van der Waals surface area contributed by atoms with E-state index in [2.05, 4.69) is 12.2 Å². The molecule has 1 aromatic rings. The molecule has 0 unspecified atom stereocenters. The summed E-state index contributed by atoms with van der Waals surface area (Å²) in [4.78, 5) is 0. The van der Waals surface area contributed by atoms with Gasteiger partial charge in [0.2, 0.25) is 0 Å². The third-order valence-electron chi connectivity index (χ3n) is 2.10. The molecular weight excluding hydrogens is 193 g/mol. The van der Waals surface area contributed by atoms with Crippen molar-refractivity contribution in [3.05, 3.63) is 29.6 Å². The lowest BCUT2D eigenvalue weighted by Gasteiger charge is -2.07. The Morgan fingerprint density at radius 1 is 1.33 bits per heavy atom. The van der Waals surface area contributed by atoms with E-state index in [-0.39, 0.29) is 5.82 Å². The molecule has 0 heterocycles. The standard InChI is InChI=1S/C12H18FNO/c1-3-7-15-8-6-14-11-5-4-10(2)12(13)9-11/h4-5,9,14H,3,6-8H2,1-2H3. The van der Waals surface area contributed by atoms with Crippen LogP contribution in [0, 0.1) is 12.7 Å². The van der Waals surface area contributed by atoms with Gasteiger partial charge in [-0.2, -0.15) is 0 Å². The molecule has 1 rings (SSSR count). The van der Waals surface area contributed by atoms with Crippen LogP contribution in [0.5, 0.6) is 0 Å². The van der Waals surface area contributed by atoms with Crippen LogP contribution in [0.3, 0.4) is 0 Å². The second kappa shape index (κ2) is 6.40. The number of anilines is 1. The zero-order valence-corrected chi connectivity index (χ0v) is 9.35. The summed E-state index contributed by atoms with van der Waals surface area (Å²) in [6.07, 6.45) is 1.03. The van der Waals surface area contributed by atoms with Gasteiger partial charge in [0.25, 0.3) is 0 Å². The van der Waals surface area contributed by atoms with Crippen molar-refractivity contribution < 1.29 is 9.13 Å².